The van der Waals surface area contributed by atoms with E-state index in [4.69, 9.17) is 4.74 Å². The van der Waals surface area contributed by atoms with Gasteiger partial charge in [-0.15, -0.1) is 0 Å². The van der Waals surface area contributed by atoms with Crippen LogP contribution in [0.5, 0.6) is 0 Å². The number of carbonyl (C=O) groups is 1. The number of rotatable bonds is 3. The van der Waals surface area contributed by atoms with E-state index in [9.17, 15) is 4.79 Å². The molecule has 0 aromatic heterocycles. The Bertz CT molecular complexity index is 631. The maximum absolute atomic E-state index is 12.1. The Labute approximate surface area is 125 Å². The predicted molar refractivity (Wildman–Crippen MR) is 83.0 cm³/mol. The fourth-order valence-corrected chi connectivity index (χ4v) is 3.15. The number of esters is 1. The standard InChI is InChI=1S/C19H18O2/c1-21-19(20)17-13-12-16(14-8-4-2-5-9-14)18(17)15-10-6-3-7-11-15/h2-13,16-18H,1H3/t16-,17+,18+/m0/s1. The SMILES string of the molecule is COC(=O)[C@@H]1C=C[C@@H](c2ccccc2)[C@H]1c1ccccc1. The second-order valence-corrected chi connectivity index (χ2v) is 5.31. The first kappa shape index (κ1) is 13.6. The van der Waals surface area contributed by atoms with E-state index in [0.717, 1.165) is 0 Å². The van der Waals surface area contributed by atoms with Gasteiger partial charge in [-0.05, 0) is 11.1 Å². The Hall–Kier alpha value is -2.35. The molecule has 3 rings (SSSR count). The number of benzene rings is 2. The Balaban J connectivity index is 2.01. The lowest BCUT2D eigenvalue weighted by molar-refractivity contribution is -0.144. The largest absolute Gasteiger partial charge is 0.469 e. The zero-order valence-corrected chi connectivity index (χ0v) is 12.0. The van der Waals surface area contributed by atoms with Crippen LogP contribution in [0.3, 0.4) is 0 Å². The molecular weight excluding hydrogens is 260 g/mol. The van der Waals surface area contributed by atoms with Crippen molar-refractivity contribution in [2.75, 3.05) is 7.11 Å². The minimum atomic E-state index is -0.220. The Morgan fingerprint density at radius 2 is 1.43 bits per heavy atom. The van der Waals surface area contributed by atoms with Crippen LogP contribution in [0, 0.1) is 5.92 Å². The molecule has 0 spiro atoms. The first-order valence-corrected chi connectivity index (χ1v) is 7.17. The van der Waals surface area contributed by atoms with Crippen LogP contribution in [0.2, 0.25) is 0 Å². The highest BCUT2D eigenvalue weighted by Crippen LogP contribution is 2.45. The number of allylic oxidation sites excluding steroid dienone is 1. The highest BCUT2D eigenvalue weighted by Gasteiger charge is 2.38. The van der Waals surface area contributed by atoms with E-state index in [1.165, 1.54) is 18.2 Å². The van der Waals surface area contributed by atoms with Crippen LogP contribution in [-0.4, -0.2) is 13.1 Å². The van der Waals surface area contributed by atoms with Crippen molar-refractivity contribution in [2.24, 2.45) is 5.92 Å². The van der Waals surface area contributed by atoms with Gasteiger partial charge in [0.25, 0.3) is 0 Å². The highest BCUT2D eigenvalue weighted by atomic mass is 16.5. The number of carbonyl (C=O) groups excluding carboxylic acids is 1. The van der Waals surface area contributed by atoms with E-state index in [0.29, 0.717) is 0 Å². The van der Waals surface area contributed by atoms with Crippen LogP contribution in [0.25, 0.3) is 0 Å². The second kappa shape index (κ2) is 5.96. The van der Waals surface area contributed by atoms with Crippen molar-refractivity contribution in [1.82, 2.24) is 0 Å². The lowest BCUT2D eigenvalue weighted by Crippen LogP contribution is -2.22. The molecule has 1 aliphatic carbocycles. The summed E-state index contributed by atoms with van der Waals surface area (Å²) in [4.78, 5) is 12.1. The average molecular weight is 278 g/mol. The molecule has 21 heavy (non-hydrogen) atoms. The third-order valence-corrected chi connectivity index (χ3v) is 4.14. The van der Waals surface area contributed by atoms with Gasteiger partial charge < -0.3 is 4.74 Å². The molecule has 2 heteroatoms. The summed E-state index contributed by atoms with van der Waals surface area (Å²) in [5.74, 6) is -0.0834. The molecule has 0 fully saturated rings. The quantitative estimate of drug-likeness (QED) is 0.628. The summed E-state index contributed by atoms with van der Waals surface area (Å²) in [6.45, 7) is 0. The zero-order valence-electron chi connectivity index (χ0n) is 12.0. The van der Waals surface area contributed by atoms with Crippen LogP contribution in [0.1, 0.15) is 23.0 Å². The Morgan fingerprint density at radius 1 is 0.857 bits per heavy atom. The summed E-state index contributed by atoms with van der Waals surface area (Å²) in [7, 11) is 1.45. The molecule has 2 aromatic carbocycles. The summed E-state index contributed by atoms with van der Waals surface area (Å²) < 4.78 is 4.98. The monoisotopic (exact) mass is 278 g/mol. The van der Waals surface area contributed by atoms with Gasteiger partial charge in [0.1, 0.15) is 0 Å². The summed E-state index contributed by atoms with van der Waals surface area (Å²) >= 11 is 0. The van der Waals surface area contributed by atoms with Crippen molar-refractivity contribution in [1.29, 1.82) is 0 Å². The van der Waals surface area contributed by atoms with Crippen LogP contribution in [-0.2, 0) is 9.53 Å². The van der Waals surface area contributed by atoms with E-state index in [2.05, 4.69) is 30.3 Å². The van der Waals surface area contributed by atoms with Crippen LogP contribution in [0.4, 0.5) is 0 Å². The third-order valence-electron chi connectivity index (χ3n) is 4.14. The third kappa shape index (κ3) is 2.62. The molecule has 2 aromatic rings. The molecule has 0 unspecified atom stereocenters. The number of ether oxygens (including phenoxy) is 1. The summed E-state index contributed by atoms with van der Waals surface area (Å²) in [6.07, 6.45) is 4.12. The fraction of sp³-hybridized carbons (Fsp3) is 0.211. The lowest BCUT2D eigenvalue weighted by Gasteiger charge is -2.24. The van der Waals surface area contributed by atoms with Gasteiger partial charge >= 0.3 is 5.97 Å². The highest BCUT2D eigenvalue weighted by molar-refractivity contribution is 5.77. The van der Waals surface area contributed by atoms with Gasteiger partial charge in [-0.1, -0.05) is 72.8 Å². The van der Waals surface area contributed by atoms with Crippen molar-refractivity contribution < 1.29 is 9.53 Å². The Morgan fingerprint density at radius 3 is 2.00 bits per heavy atom. The van der Waals surface area contributed by atoms with Crippen molar-refractivity contribution in [3.8, 4) is 0 Å². The van der Waals surface area contributed by atoms with E-state index >= 15 is 0 Å². The van der Waals surface area contributed by atoms with E-state index in [-0.39, 0.29) is 23.7 Å². The predicted octanol–water partition coefficient (Wildman–Crippen LogP) is 3.91. The van der Waals surface area contributed by atoms with Crippen LogP contribution < -0.4 is 0 Å². The first-order valence-electron chi connectivity index (χ1n) is 7.17. The molecule has 0 aliphatic heterocycles. The fourth-order valence-electron chi connectivity index (χ4n) is 3.15. The van der Waals surface area contributed by atoms with Gasteiger partial charge in [0.15, 0.2) is 0 Å². The molecule has 1 aliphatic rings. The Kier molecular flexibility index (Phi) is 3.87. The van der Waals surface area contributed by atoms with Crippen molar-refractivity contribution in [2.45, 2.75) is 11.8 Å². The van der Waals surface area contributed by atoms with Crippen LogP contribution in [0.15, 0.2) is 72.8 Å². The van der Waals surface area contributed by atoms with Crippen molar-refractivity contribution >= 4 is 5.97 Å². The molecule has 106 valence electrons. The van der Waals surface area contributed by atoms with E-state index in [1.807, 2.05) is 42.5 Å². The lowest BCUT2D eigenvalue weighted by atomic mass is 9.79. The smallest absolute Gasteiger partial charge is 0.313 e. The average Bonchev–Trinajstić information content (AvgIpc) is 3.00. The van der Waals surface area contributed by atoms with E-state index < -0.39 is 0 Å². The molecule has 3 atom stereocenters. The van der Waals surface area contributed by atoms with Gasteiger partial charge in [0, 0.05) is 11.8 Å². The van der Waals surface area contributed by atoms with Gasteiger partial charge in [0.05, 0.1) is 13.0 Å². The normalized spacial score (nSPS) is 24.0. The summed E-state index contributed by atoms with van der Waals surface area (Å²) in [5, 5.41) is 0. The maximum atomic E-state index is 12.1. The minimum Gasteiger partial charge on any atom is -0.469 e. The molecule has 0 amide bonds. The minimum absolute atomic E-state index is 0.0982. The molecule has 0 bridgehead atoms. The van der Waals surface area contributed by atoms with Crippen molar-refractivity contribution in [3.05, 3.63) is 83.9 Å². The molecule has 0 saturated heterocycles. The molecule has 0 radical (unpaired) electrons. The molecular formula is C19H18O2. The number of methoxy groups -OCH3 is 1. The van der Waals surface area contributed by atoms with E-state index in [1.54, 1.807) is 0 Å². The molecule has 0 heterocycles. The second-order valence-electron chi connectivity index (χ2n) is 5.31. The van der Waals surface area contributed by atoms with Crippen molar-refractivity contribution in [3.63, 3.8) is 0 Å². The summed E-state index contributed by atoms with van der Waals surface area (Å²) in [6, 6.07) is 20.5. The number of hydrogen-bond donors (Lipinski definition) is 0. The zero-order chi connectivity index (χ0) is 14.7. The van der Waals surface area contributed by atoms with Gasteiger partial charge in [-0.3, -0.25) is 4.79 Å². The van der Waals surface area contributed by atoms with Gasteiger partial charge in [-0.2, -0.15) is 0 Å². The first-order chi connectivity index (χ1) is 10.3. The molecule has 0 N–H and O–H groups in total. The summed E-state index contributed by atoms with van der Waals surface area (Å²) in [5.41, 5.74) is 2.40. The van der Waals surface area contributed by atoms with Gasteiger partial charge in [-0.25, -0.2) is 0 Å². The molecule has 2 nitrogen and oxygen atoms in total. The maximum Gasteiger partial charge on any atom is 0.313 e. The topological polar surface area (TPSA) is 26.3 Å². The van der Waals surface area contributed by atoms with Gasteiger partial charge in [0.2, 0.25) is 0 Å². The van der Waals surface area contributed by atoms with Crippen LogP contribution >= 0.6 is 0 Å². The molecule has 0 saturated carbocycles. The number of hydrogen-bond acceptors (Lipinski definition) is 2.